The molecule has 0 saturated carbocycles. The molecule has 96 valence electrons. The van der Waals surface area contributed by atoms with E-state index in [0.717, 1.165) is 4.90 Å². The molecule has 1 aromatic heterocycles. The Kier molecular flexibility index (Phi) is 2.83. The molecule has 0 atom stereocenters. The van der Waals surface area contributed by atoms with E-state index in [0.29, 0.717) is 28.5 Å². The van der Waals surface area contributed by atoms with Crippen molar-refractivity contribution in [3.8, 4) is 0 Å². The largest absolute Gasteiger partial charge is 0.269 e. The monoisotopic (exact) mass is 274 g/mol. The second-order valence-corrected chi connectivity index (χ2v) is 4.41. The normalized spacial score (nSPS) is 14.1. The minimum atomic E-state index is -0.301. The number of imide groups is 1. The highest BCUT2D eigenvalue weighted by Gasteiger charge is 2.35. The predicted octanol–water partition coefficient (Wildman–Crippen LogP) is 1.03. The molecule has 19 heavy (non-hydrogen) atoms. The van der Waals surface area contributed by atoms with E-state index >= 15 is 0 Å². The molecule has 0 unspecified atom stereocenters. The Morgan fingerprint density at radius 1 is 1.16 bits per heavy atom. The standard InChI is InChI=1S/C12H10N4O2S/c17-11-7-3-1-2-4-8(7)12(18)16(11)5-9-13-10(6-19)15-14-9/h1-4,19H,5-6H2,(H,13,14,15). The van der Waals surface area contributed by atoms with Gasteiger partial charge in [-0.05, 0) is 12.1 Å². The number of amides is 2. The number of carbonyl (C=O) groups is 2. The van der Waals surface area contributed by atoms with Gasteiger partial charge in [0.15, 0.2) is 5.82 Å². The lowest BCUT2D eigenvalue weighted by atomic mass is 10.1. The van der Waals surface area contributed by atoms with E-state index < -0.39 is 0 Å². The van der Waals surface area contributed by atoms with Crippen LogP contribution >= 0.6 is 12.6 Å². The molecule has 2 heterocycles. The van der Waals surface area contributed by atoms with E-state index in [9.17, 15) is 9.59 Å². The van der Waals surface area contributed by atoms with Gasteiger partial charge in [0.25, 0.3) is 11.8 Å². The molecule has 1 N–H and O–H groups in total. The Labute approximate surface area is 114 Å². The summed E-state index contributed by atoms with van der Waals surface area (Å²) in [5, 5.41) is 6.61. The summed E-state index contributed by atoms with van der Waals surface area (Å²) in [7, 11) is 0. The quantitative estimate of drug-likeness (QED) is 0.647. The van der Waals surface area contributed by atoms with Gasteiger partial charge in [-0.2, -0.15) is 17.7 Å². The van der Waals surface area contributed by atoms with Crippen molar-refractivity contribution in [3.63, 3.8) is 0 Å². The van der Waals surface area contributed by atoms with Gasteiger partial charge in [-0.3, -0.25) is 19.6 Å². The topological polar surface area (TPSA) is 79.0 Å². The van der Waals surface area contributed by atoms with E-state index in [1.807, 2.05) is 0 Å². The van der Waals surface area contributed by atoms with Gasteiger partial charge in [0, 0.05) is 0 Å². The van der Waals surface area contributed by atoms with Crippen LogP contribution in [0.5, 0.6) is 0 Å². The van der Waals surface area contributed by atoms with Crippen molar-refractivity contribution < 1.29 is 9.59 Å². The number of thiol groups is 1. The van der Waals surface area contributed by atoms with E-state index in [4.69, 9.17) is 0 Å². The summed E-state index contributed by atoms with van der Waals surface area (Å²) < 4.78 is 0. The Balaban J connectivity index is 1.88. The van der Waals surface area contributed by atoms with Crippen LogP contribution in [0.15, 0.2) is 24.3 Å². The third-order valence-corrected chi connectivity index (χ3v) is 3.19. The molecule has 0 radical (unpaired) electrons. The maximum atomic E-state index is 12.1. The second kappa shape index (κ2) is 4.51. The zero-order valence-corrected chi connectivity index (χ0v) is 10.7. The Morgan fingerprint density at radius 2 is 1.79 bits per heavy atom. The van der Waals surface area contributed by atoms with Crippen molar-refractivity contribution in [1.29, 1.82) is 0 Å². The molecular weight excluding hydrogens is 264 g/mol. The van der Waals surface area contributed by atoms with Gasteiger partial charge < -0.3 is 0 Å². The highest BCUT2D eigenvalue weighted by Crippen LogP contribution is 2.23. The molecule has 2 amide bonds. The van der Waals surface area contributed by atoms with Gasteiger partial charge in [0.05, 0.1) is 23.4 Å². The minimum Gasteiger partial charge on any atom is -0.269 e. The van der Waals surface area contributed by atoms with E-state index in [1.165, 1.54) is 0 Å². The molecule has 0 bridgehead atoms. The number of nitrogens with one attached hydrogen (secondary N) is 1. The number of hydrogen-bond donors (Lipinski definition) is 2. The highest BCUT2D eigenvalue weighted by atomic mass is 32.1. The van der Waals surface area contributed by atoms with Crippen molar-refractivity contribution in [2.24, 2.45) is 0 Å². The lowest BCUT2D eigenvalue weighted by Crippen LogP contribution is -2.29. The molecule has 1 aliphatic rings. The number of H-pyrrole nitrogens is 1. The predicted molar refractivity (Wildman–Crippen MR) is 69.7 cm³/mol. The first-order valence-corrected chi connectivity index (χ1v) is 6.30. The summed E-state index contributed by atoms with van der Waals surface area (Å²) >= 11 is 4.06. The van der Waals surface area contributed by atoms with Gasteiger partial charge in [-0.1, -0.05) is 12.1 Å². The van der Waals surface area contributed by atoms with Crippen LogP contribution in [0.2, 0.25) is 0 Å². The fraction of sp³-hybridized carbons (Fsp3) is 0.167. The molecular formula is C12H10N4O2S. The number of aromatic nitrogens is 3. The second-order valence-electron chi connectivity index (χ2n) is 4.10. The Bertz CT molecular complexity index is 632. The van der Waals surface area contributed by atoms with Crippen LogP contribution in [-0.2, 0) is 12.3 Å². The highest BCUT2D eigenvalue weighted by molar-refractivity contribution is 7.79. The molecule has 3 rings (SSSR count). The van der Waals surface area contributed by atoms with Crippen LogP contribution < -0.4 is 0 Å². The average Bonchev–Trinajstić information content (AvgIpc) is 2.99. The van der Waals surface area contributed by atoms with E-state index in [1.54, 1.807) is 24.3 Å². The van der Waals surface area contributed by atoms with E-state index in [2.05, 4.69) is 27.8 Å². The van der Waals surface area contributed by atoms with Crippen LogP contribution in [-0.4, -0.2) is 31.9 Å². The Hall–Kier alpha value is -2.15. The zero-order valence-electron chi connectivity index (χ0n) is 9.83. The van der Waals surface area contributed by atoms with Gasteiger partial charge in [0.2, 0.25) is 0 Å². The summed E-state index contributed by atoms with van der Waals surface area (Å²) in [6, 6.07) is 6.77. The number of fused-ring (bicyclic) bond motifs is 1. The Morgan fingerprint density at radius 3 is 2.32 bits per heavy atom. The van der Waals surface area contributed by atoms with Crippen molar-refractivity contribution in [2.45, 2.75) is 12.3 Å². The third-order valence-electron chi connectivity index (χ3n) is 2.91. The van der Waals surface area contributed by atoms with Crippen molar-refractivity contribution >= 4 is 24.4 Å². The first-order chi connectivity index (χ1) is 9.20. The minimum absolute atomic E-state index is 0.0904. The average molecular weight is 274 g/mol. The lowest BCUT2D eigenvalue weighted by Gasteiger charge is -2.10. The summed E-state index contributed by atoms with van der Waals surface area (Å²) in [6.45, 7) is 0.0904. The van der Waals surface area contributed by atoms with Crippen LogP contribution in [0.3, 0.4) is 0 Å². The zero-order chi connectivity index (χ0) is 13.4. The SMILES string of the molecule is O=C1c2ccccc2C(=O)N1Cc1nc(CS)n[nH]1. The number of rotatable bonds is 3. The molecule has 6 nitrogen and oxygen atoms in total. The summed E-state index contributed by atoms with van der Waals surface area (Å²) in [5.74, 6) is 0.806. The smallest absolute Gasteiger partial charge is 0.261 e. The van der Waals surface area contributed by atoms with Gasteiger partial charge in [-0.15, -0.1) is 0 Å². The maximum Gasteiger partial charge on any atom is 0.261 e. The summed E-state index contributed by atoms with van der Waals surface area (Å²) in [5.41, 5.74) is 0.864. The molecule has 1 aromatic carbocycles. The maximum absolute atomic E-state index is 12.1. The van der Waals surface area contributed by atoms with Gasteiger partial charge in [-0.25, -0.2) is 4.98 Å². The fourth-order valence-corrected chi connectivity index (χ4v) is 2.15. The molecule has 7 heteroatoms. The number of carbonyl (C=O) groups excluding carboxylic acids is 2. The molecule has 0 aliphatic carbocycles. The van der Waals surface area contributed by atoms with Gasteiger partial charge >= 0.3 is 0 Å². The number of nitrogens with zero attached hydrogens (tertiary/aromatic N) is 3. The first-order valence-electron chi connectivity index (χ1n) is 5.67. The molecule has 2 aromatic rings. The van der Waals surface area contributed by atoms with Crippen LogP contribution in [0, 0.1) is 0 Å². The van der Waals surface area contributed by atoms with Crippen molar-refractivity contribution in [3.05, 3.63) is 47.0 Å². The van der Waals surface area contributed by atoms with Crippen LogP contribution in [0.1, 0.15) is 32.4 Å². The first kappa shape index (κ1) is 11.9. The molecule has 0 saturated heterocycles. The fourth-order valence-electron chi connectivity index (χ4n) is 2.01. The van der Waals surface area contributed by atoms with Gasteiger partial charge in [0.1, 0.15) is 5.82 Å². The van der Waals surface area contributed by atoms with Crippen molar-refractivity contribution in [1.82, 2.24) is 20.1 Å². The molecule has 1 aliphatic heterocycles. The van der Waals surface area contributed by atoms with Crippen LogP contribution in [0.25, 0.3) is 0 Å². The molecule has 0 fully saturated rings. The lowest BCUT2D eigenvalue weighted by molar-refractivity contribution is 0.0638. The summed E-state index contributed by atoms with van der Waals surface area (Å²) in [6.07, 6.45) is 0. The molecule has 0 spiro atoms. The number of hydrogen-bond acceptors (Lipinski definition) is 5. The number of aromatic amines is 1. The van der Waals surface area contributed by atoms with Crippen LogP contribution in [0.4, 0.5) is 0 Å². The van der Waals surface area contributed by atoms with E-state index in [-0.39, 0.29) is 18.4 Å². The summed E-state index contributed by atoms with van der Waals surface area (Å²) in [4.78, 5) is 29.5. The number of benzene rings is 1. The third kappa shape index (κ3) is 1.91. The van der Waals surface area contributed by atoms with Crippen molar-refractivity contribution in [2.75, 3.05) is 0 Å².